The molecule has 2 aliphatic rings. The van der Waals surface area contributed by atoms with Crippen molar-refractivity contribution in [3.63, 3.8) is 0 Å². The monoisotopic (exact) mass is 322 g/mol. The Morgan fingerprint density at radius 2 is 1.92 bits per heavy atom. The first-order valence-corrected chi connectivity index (χ1v) is 7.98. The number of hydrogen-bond acceptors (Lipinski definition) is 4. The Kier molecular flexibility index (Phi) is 3.49. The van der Waals surface area contributed by atoms with Crippen LogP contribution in [0.5, 0.6) is 11.5 Å². The molecule has 2 heterocycles. The molecule has 2 aromatic carbocycles. The minimum atomic E-state index is -0.546. The van der Waals surface area contributed by atoms with E-state index < -0.39 is 6.10 Å². The quantitative estimate of drug-likeness (QED) is 0.853. The average Bonchev–Trinajstić information content (AvgIpc) is 3.03. The summed E-state index contributed by atoms with van der Waals surface area (Å²) in [5.41, 5.74) is 2.91. The van der Waals surface area contributed by atoms with Gasteiger partial charge in [0.2, 0.25) is 0 Å². The lowest BCUT2D eigenvalue weighted by Gasteiger charge is -2.19. The van der Waals surface area contributed by atoms with Crippen molar-refractivity contribution < 1.29 is 14.3 Å². The third-order valence-corrected chi connectivity index (χ3v) is 4.49. The van der Waals surface area contributed by atoms with Gasteiger partial charge in [0.05, 0.1) is 18.9 Å². The van der Waals surface area contributed by atoms with E-state index in [4.69, 9.17) is 9.47 Å². The molecule has 5 heteroatoms. The summed E-state index contributed by atoms with van der Waals surface area (Å²) >= 11 is 0. The average molecular weight is 322 g/mol. The molecule has 0 fully saturated rings. The fourth-order valence-electron chi connectivity index (χ4n) is 3.20. The number of carbonyl (C=O) groups excluding carboxylic acids is 1. The molecule has 0 aromatic heterocycles. The number of carbonyl (C=O) groups is 1. The molecular formula is C19H18N2O3. The summed E-state index contributed by atoms with van der Waals surface area (Å²) in [6.45, 7) is 1.77. The number of hydrogen-bond donors (Lipinski definition) is 0. The lowest BCUT2D eigenvalue weighted by atomic mass is 9.98. The van der Waals surface area contributed by atoms with Gasteiger partial charge in [-0.05, 0) is 42.8 Å². The van der Waals surface area contributed by atoms with Gasteiger partial charge in [0.25, 0.3) is 5.91 Å². The smallest absolute Gasteiger partial charge is 0.283 e. The highest BCUT2D eigenvalue weighted by Gasteiger charge is 2.39. The Labute approximate surface area is 140 Å². The predicted octanol–water partition coefficient (Wildman–Crippen LogP) is 3.15. The van der Waals surface area contributed by atoms with Gasteiger partial charge in [0, 0.05) is 12.0 Å². The number of benzene rings is 2. The van der Waals surface area contributed by atoms with E-state index in [1.165, 1.54) is 0 Å². The summed E-state index contributed by atoms with van der Waals surface area (Å²) in [6, 6.07) is 15.4. The van der Waals surface area contributed by atoms with Gasteiger partial charge in [-0.15, -0.1) is 0 Å². The maximum Gasteiger partial charge on any atom is 0.283 e. The highest BCUT2D eigenvalue weighted by molar-refractivity contribution is 6.03. The van der Waals surface area contributed by atoms with Crippen LogP contribution in [0.25, 0.3) is 0 Å². The maximum atomic E-state index is 12.6. The number of amides is 1. The van der Waals surface area contributed by atoms with Gasteiger partial charge in [-0.25, -0.2) is 5.01 Å². The van der Waals surface area contributed by atoms with E-state index in [9.17, 15) is 4.79 Å². The molecule has 2 aliphatic heterocycles. The second-order valence-electron chi connectivity index (χ2n) is 5.98. The highest BCUT2D eigenvalue weighted by atomic mass is 16.5. The lowest BCUT2D eigenvalue weighted by Crippen LogP contribution is -2.34. The molecule has 122 valence electrons. The molecule has 1 amide bonds. The molecule has 4 rings (SSSR count). The molecule has 0 saturated heterocycles. The Morgan fingerprint density at radius 3 is 2.67 bits per heavy atom. The van der Waals surface area contributed by atoms with Gasteiger partial charge >= 0.3 is 0 Å². The number of nitrogens with zero attached hydrogens (tertiary/aromatic N) is 2. The van der Waals surface area contributed by atoms with E-state index in [1.807, 2.05) is 48.5 Å². The van der Waals surface area contributed by atoms with Crippen molar-refractivity contribution >= 4 is 11.6 Å². The zero-order valence-corrected chi connectivity index (χ0v) is 13.6. The number of methoxy groups -OCH3 is 1. The zero-order valence-electron chi connectivity index (χ0n) is 13.6. The van der Waals surface area contributed by atoms with E-state index in [1.54, 1.807) is 19.0 Å². The first-order chi connectivity index (χ1) is 11.7. The minimum Gasteiger partial charge on any atom is -0.497 e. The fourth-order valence-corrected chi connectivity index (χ4v) is 3.20. The lowest BCUT2D eigenvalue weighted by molar-refractivity contribution is -0.138. The second kappa shape index (κ2) is 5.67. The molecule has 0 N–H and O–H groups in total. The SMILES string of the molecule is COc1ccc(C2=NN3C(=O)C(C)Oc4ccccc4C3C2)cc1. The second-order valence-corrected chi connectivity index (χ2v) is 5.98. The molecule has 0 aliphatic carbocycles. The van der Waals surface area contributed by atoms with Crippen LogP contribution in [0, 0.1) is 0 Å². The number of hydrazone groups is 1. The van der Waals surface area contributed by atoms with Crippen LogP contribution < -0.4 is 9.47 Å². The molecule has 0 saturated carbocycles. The molecular weight excluding hydrogens is 304 g/mol. The first-order valence-electron chi connectivity index (χ1n) is 7.98. The summed E-state index contributed by atoms with van der Waals surface area (Å²) < 4.78 is 11.0. The van der Waals surface area contributed by atoms with Gasteiger partial charge < -0.3 is 9.47 Å². The standard InChI is InChI=1S/C19H18N2O3/c1-12-19(22)21-17(15-5-3-4-6-18(15)24-12)11-16(20-21)13-7-9-14(23-2)10-8-13/h3-10,12,17H,11H2,1-2H3. The Balaban J connectivity index is 1.73. The van der Waals surface area contributed by atoms with Gasteiger partial charge in [0.15, 0.2) is 6.10 Å². The van der Waals surface area contributed by atoms with Crippen molar-refractivity contribution in [1.29, 1.82) is 0 Å². The van der Waals surface area contributed by atoms with Gasteiger partial charge in [0.1, 0.15) is 11.5 Å². The number of rotatable bonds is 2. The number of fused-ring (bicyclic) bond motifs is 3. The Hall–Kier alpha value is -2.82. The molecule has 2 unspecified atom stereocenters. The van der Waals surface area contributed by atoms with Crippen LogP contribution in [-0.2, 0) is 4.79 Å². The van der Waals surface area contributed by atoms with Crippen LogP contribution in [0.4, 0.5) is 0 Å². The van der Waals surface area contributed by atoms with Gasteiger partial charge in [-0.2, -0.15) is 5.10 Å². The molecule has 5 nitrogen and oxygen atoms in total. The molecule has 0 bridgehead atoms. The van der Waals surface area contributed by atoms with Crippen LogP contribution >= 0.6 is 0 Å². The highest BCUT2D eigenvalue weighted by Crippen LogP contribution is 2.40. The fraction of sp³-hybridized carbons (Fsp3) is 0.263. The summed E-state index contributed by atoms with van der Waals surface area (Å²) in [5, 5.41) is 6.19. The topological polar surface area (TPSA) is 51.1 Å². The Morgan fingerprint density at radius 1 is 1.17 bits per heavy atom. The molecule has 2 aromatic rings. The van der Waals surface area contributed by atoms with Crippen molar-refractivity contribution in [2.75, 3.05) is 7.11 Å². The van der Waals surface area contributed by atoms with Crippen molar-refractivity contribution in [2.24, 2.45) is 5.10 Å². The predicted molar refractivity (Wildman–Crippen MR) is 90.3 cm³/mol. The molecule has 0 spiro atoms. The largest absolute Gasteiger partial charge is 0.497 e. The van der Waals surface area contributed by atoms with Crippen LogP contribution in [0.2, 0.25) is 0 Å². The van der Waals surface area contributed by atoms with Crippen molar-refractivity contribution in [1.82, 2.24) is 5.01 Å². The molecule has 24 heavy (non-hydrogen) atoms. The van der Waals surface area contributed by atoms with E-state index in [-0.39, 0.29) is 11.9 Å². The minimum absolute atomic E-state index is 0.111. The number of ether oxygens (including phenoxy) is 2. The zero-order chi connectivity index (χ0) is 16.7. The van der Waals surface area contributed by atoms with E-state index in [0.29, 0.717) is 6.42 Å². The normalized spacial score (nSPS) is 22.2. The van der Waals surface area contributed by atoms with Crippen LogP contribution in [-0.4, -0.2) is 29.8 Å². The van der Waals surface area contributed by atoms with Crippen LogP contribution in [0.1, 0.15) is 30.5 Å². The molecule has 2 atom stereocenters. The van der Waals surface area contributed by atoms with E-state index in [0.717, 1.165) is 28.3 Å². The van der Waals surface area contributed by atoms with Gasteiger partial charge in [-0.3, -0.25) is 4.79 Å². The van der Waals surface area contributed by atoms with Crippen LogP contribution in [0.3, 0.4) is 0 Å². The Bertz CT molecular complexity index is 814. The van der Waals surface area contributed by atoms with Crippen molar-refractivity contribution in [3.05, 3.63) is 59.7 Å². The summed E-state index contributed by atoms with van der Waals surface area (Å²) in [5.74, 6) is 1.45. The van der Waals surface area contributed by atoms with E-state index in [2.05, 4.69) is 5.10 Å². The molecule has 0 radical (unpaired) electrons. The number of para-hydroxylation sites is 1. The van der Waals surface area contributed by atoms with Gasteiger partial charge in [-0.1, -0.05) is 18.2 Å². The summed E-state index contributed by atoms with van der Waals surface area (Å²) in [6.07, 6.45) is 0.126. The first kappa shape index (κ1) is 14.8. The third-order valence-electron chi connectivity index (χ3n) is 4.49. The van der Waals surface area contributed by atoms with Crippen LogP contribution in [0.15, 0.2) is 53.6 Å². The van der Waals surface area contributed by atoms with Crippen molar-refractivity contribution in [2.45, 2.75) is 25.5 Å². The van der Waals surface area contributed by atoms with E-state index >= 15 is 0 Å². The summed E-state index contributed by atoms with van der Waals surface area (Å²) in [4.78, 5) is 12.6. The maximum absolute atomic E-state index is 12.6. The third kappa shape index (κ3) is 2.33. The van der Waals surface area contributed by atoms with Crippen molar-refractivity contribution in [3.8, 4) is 11.5 Å². The summed E-state index contributed by atoms with van der Waals surface area (Å²) in [7, 11) is 1.64.